The molecule has 5 heteroatoms. The number of hydrogen-bond donors (Lipinski definition) is 0. The number of aromatic nitrogens is 3. The number of rotatable bonds is 4. The molecular weight excluding hydrogens is 300 g/mol. The number of fused-ring (bicyclic) bond motifs is 1. The number of anilines is 1. The van der Waals surface area contributed by atoms with Crippen LogP contribution in [-0.4, -0.2) is 34.6 Å². The third-order valence-electron chi connectivity index (χ3n) is 4.54. The van der Waals surface area contributed by atoms with Gasteiger partial charge in [0.1, 0.15) is 12.1 Å². The average Bonchev–Trinajstić information content (AvgIpc) is 2.67. The molecule has 1 aliphatic rings. The smallest absolute Gasteiger partial charge is 0.213 e. The maximum absolute atomic E-state index is 5.80. The molecule has 2 aromatic heterocycles. The number of para-hydroxylation sites is 1. The van der Waals surface area contributed by atoms with E-state index in [1.54, 1.807) is 12.5 Å². The molecule has 1 fully saturated rings. The summed E-state index contributed by atoms with van der Waals surface area (Å²) >= 11 is 0. The van der Waals surface area contributed by atoms with Crippen LogP contribution in [0.15, 0.2) is 55.0 Å². The quantitative estimate of drug-likeness (QED) is 0.738. The van der Waals surface area contributed by atoms with Gasteiger partial charge in [-0.25, -0.2) is 15.0 Å². The van der Waals surface area contributed by atoms with Crippen LogP contribution >= 0.6 is 0 Å². The summed E-state index contributed by atoms with van der Waals surface area (Å²) in [6.45, 7) is 2.73. The topological polar surface area (TPSA) is 51.1 Å². The number of benzene rings is 1. The molecule has 1 aromatic carbocycles. The van der Waals surface area contributed by atoms with Crippen LogP contribution in [-0.2, 0) is 0 Å². The average molecular weight is 320 g/mol. The summed E-state index contributed by atoms with van der Waals surface area (Å²) in [5.41, 5.74) is 1.00. The van der Waals surface area contributed by atoms with E-state index < -0.39 is 0 Å². The van der Waals surface area contributed by atoms with E-state index in [1.165, 1.54) is 0 Å². The fourth-order valence-corrected chi connectivity index (χ4v) is 3.19. The molecular formula is C19H20N4O. The van der Waals surface area contributed by atoms with Gasteiger partial charge in [0.15, 0.2) is 0 Å². The van der Waals surface area contributed by atoms with Crippen molar-refractivity contribution in [3.05, 3.63) is 55.0 Å². The fourth-order valence-electron chi connectivity index (χ4n) is 3.19. The van der Waals surface area contributed by atoms with Gasteiger partial charge in [-0.2, -0.15) is 0 Å². The summed E-state index contributed by atoms with van der Waals surface area (Å²) < 4.78 is 5.80. The maximum atomic E-state index is 5.80. The van der Waals surface area contributed by atoms with E-state index in [0.29, 0.717) is 11.8 Å². The SMILES string of the molecule is c1ccc(OCC2CCN(c3ncnc4ccccc34)CC2)nc1. The lowest BCUT2D eigenvalue weighted by Gasteiger charge is -2.33. The lowest BCUT2D eigenvalue weighted by molar-refractivity contribution is 0.216. The minimum Gasteiger partial charge on any atom is -0.477 e. The molecule has 4 rings (SSSR count). The second kappa shape index (κ2) is 6.83. The zero-order valence-corrected chi connectivity index (χ0v) is 13.5. The van der Waals surface area contributed by atoms with Crippen LogP contribution in [0.1, 0.15) is 12.8 Å². The number of nitrogens with zero attached hydrogens (tertiary/aromatic N) is 4. The largest absolute Gasteiger partial charge is 0.477 e. The van der Waals surface area contributed by atoms with Crippen molar-refractivity contribution < 1.29 is 4.74 Å². The van der Waals surface area contributed by atoms with Crippen LogP contribution in [0, 0.1) is 5.92 Å². The highest BCUT2D eigenvalue weighted by Crippen LogP contribution is 2.27. The Bertz CT molecular complexity index is 795. The third-order valence-corrected chi connectivity index (χ3v) is 4.54. The van der Waals surface area contributed by atoms with Crippen LogP contribution in [0.5, 0.6) is 5.88 Å². The van der Waals surface area contributed by atoms with Gasteiger partial charge in [0, 0.05) is 30.7 Å². The van der Waals surface area contributed by atoms with Gasteiger partial charge in [-0.3, -0.25) is 0 Å². The Kier molecular flexibility index (Phi) is 4.23. The van der Waals surface area contributed by atoms with Crippen LogP contribution in [0.2, 0.25) is 0 Å². The van der Waals surface area contributed by atoms with E-state index in [0.717, 1.165) is 49.3 Å². The van der Waals surface area contributed by atoms with Crippen molar-refractivity contribution in [2.45, 2.75) is 12.8 Å². The highest BCUT2D eigenvalue weighted by Gasteiger charge is 2.22. The molecule has 1 saturated heterocycles. The molecule has 3 heterocycles. The first-order chi connectivity index (χ1) is 11.9. The second-order valence-corrected chi connectivity index (χ2v) is 6.12. The van der Waals surface area contributed by atoms with Crippen LogP contribution in [0.3, 0.4) is 0 Å². The Morgan fingerprint density at radius 3 is 2.62 bits per heavy atom. The summed E-state index contributed by atoms with van der Waals surface area (Å²) in [4.78, 5) is 15.4. The molecule has 0 N–H and O–H groups in total. The van der Waals surface area contributed by atoms with Gasteiger partial charge >= 0.3 is 0 Å². The normalized spacial score (nSPS) is 15.6. The molecule has 5 nitrogen and oxygen atoms in total. The predicted molar refractivity (Wildman–Crippen MR) is 94.2 cm³/mol. The van der Waals surface area contributed by atoms with Crippen molar-refractivity contribution in [1.82, 2.24) is 15.0 Å². The minimum absolute atomic E-state index is 0.566. The van der Waals surface area contributed by atoms with Crippen LogP contribution in [0.4, 0.5) is 5.82 Å². The lowest BCUT2D eigenvalue weighted by Crippen LogP contribution is -2.36. The predicted octanol–water partition coefficient (Wildman–Crippen LogP) is 3.32. The van der Waals surface area contributed by atoms with Gasteiger partial charge in [-0.05, 0) is 37.0 Å². The van der Waals surface area contributed by atoms with E-state index in [-0.39, 0.29) is 0 Å². The van der Waals surface area contributed by atoms with Gasteiger partial charge in [0.05, 0.1) is 12.1 Å². The first-order valence-corrected chi connectivity index (χ1v) is 8.39. The minimum atomic E-state index is 0.566. The molecule has 0 bridgehead atoms. The van der Waals surface area contributed by atoms with Gasteiger partial charge < -0.3 is 9.64 Å². The molecule has 0 atom stereocenters. The standard InChI is InChI=1S/C19H20N4O/c1-2-6-17-16(5-1)19(22-14-21-17)23-11-8-15(9-12-23)13-24-18-7-3-4-10-20-18/h1-7,10,14-15H,8-9,11-13H2. The second-order valence-electron chi connectivity index (χ2n) is 6.12. The van der Waals surface area contributed by atoms with Crippen molar-refractivity contribution in [3.8, 4) is 5.88 Å². The summed E-state index contributed by atoms with van der Waals surface area (Å²) in [5.74, 6) is 2.32. The highest BCUT2D eigenvalue weighted by molar-refractivity contribution is 5.89. The zero-order chi connectivity index (χ0) is 16.2. The summed E-state index contributed by atoms with van der Waals surface area (Å²) in [6.07, 6.45) is 5.63. The van der Waals surface area contributed by atoms with Crippen molar-refractivity contribution in [2.24, 2.45) is 5.92 Å². The molecule has 3 aromatic rings. The number of ether oxygens (including phenoxy) is 1. The lowest BCUT2D eigenvalue weighted by atomic mass is 9.97. The summed E-state index contributed by atoms with van der Waals surface area (Å²) in [6, 6.07) is 13.9. The van der Waals surface area contributed by atoms with Crippen LogP contribution < -0.4 is 9.64 Å². The Balaban J connectivity index is 1.39. The number of hydrogen-bond acceptors (Lipinski definition) is 5. The molecule has 1 aliphatic heterocycles. The Morgan fingerprint density at radius 1 is 0.958 bits per heavy atom. The van der Waals surface area contributed by atoms with E-state index in [2.05, 4.69) is 25.9 Å². The van der Waals surface area contributed by atoms with Crippen molar-refractivity contribution >= 4 is 16.7 Å². The Labute approximate surface area is 141 Å². The zero-order valence-electron chi connectivity index (χ0n) is 13.5. The van der Waals surface area contributed by atoms with Crippen molar-refractivity contribution in [2.75, 3.05) is 24.6 Å². The monoisotopic (exact) mass is 320 g/mol. The first kappa shape index (κ1) is 14.9. The summed E-state index contributed by atoms with van der Waals surface area (Å²) in [7, 11) is 0. The van der Waals surface area contributed by atoms with Crippen molar-refractivity contribution in [3.63, 3.8) is 0 Å². The van der Waals surface area contributed by atoms with Crippen LogP contribution in [0.25, 0.3) is 10.9 Å². The van der Waals surface area contributed by atoms with E-state index in [9.17, 15) is 0 Å². The number of pyridine rings is 1. The number of piperidine rings is 1. The third kappa shape index (κ3) is 3.15. The van der Waals surface area contributed by atoms with Crippen molar-refractivity contribution in [1.29, 1.82) is 0 Å². The maximum Gasteiger partial charge on any atom is 0.213 e. The molecule has 0 amide bonds. The fraction of sp³-hybridized carbons (Fsp3) is 0.316. The molecule has 0 spiro atoms. The van der Waals surface area contributed by atoms with Gasteiger partial charge in [0.25, 0.3) is 0 Å². The Hall–Kier alpha value is -2.69. The van der Waals surface area contributed by atoms with Gasteiger partial charge in [0.2, 0.25) is 5.88 Å². The highest BCUT2D eigenvalue weighted by atomic mass is 16.5. The first-order valence-electron chi connectivity index (χ1n) is 8.39. The summed E-state index contributed by atoms with van der Waals surface area (Å²) in [5, 5.41) is 1.13. The molecule has 122 valence electrons. The molecule has 0 saturated carbocycles. The molecule has 0 aliphatic carbocycles. The Morgan fingerprint density at radius 2 is 1.79 bits per heavy atom. The van der Waals surface area contributed by atoms with E-state index >= 15 is 0 Å². The van der Waals surface area contributed by atoms with E-state index in [1.807, 2.05) is 36.4 Å². The van der Waals surface area contributed by atoms with Gasteiger partial charge in [-0.1, -0.05) is 18.2 Å². The molecule has 24 heavy (non-hydrogen) atoms. The van der Waals surface area contributed by atoms with Gasteiger partial charge in [-0.15, -0.1) is 0 Å². The van der Waals surface area contributed by atoms with E-state index in [4.69, 9.17) is 4.74 Å². The molecule has 0 radical (unpaired) electrons. The molecule has 0 unspecified atom stereocenters.